The van der Waals surface area contributed by atoms with Gasteiger partial charge in [-0.05, 0) is 6.07 Å². The normalized spacial score (nSPS) is 28.2. The minimum atomic E-state index is 0.332. The first kappa shape index (κ1) is 13.7. The molecular weight excluding hydrogens is 272 g/mol. The molecule has 1 aliphatic heterocycles. The average Bonchev–Trinajstić information content (AvgIpc) is 2.64. The van der Waals surface area contributed by atoms with Crippen molar-refractivity contribution in [3.8, 4) is 0 Å². The highest BCUT2D eigenvalue weighted by Gasteiger charge is 2.28. The minimum absolute atomic E-state index is 0.332. The van der Waals surface area contributed by atoms with Crippen LogP contribution in [0, 0.1) is 0 Å². The lowest BCUT2D eigenvalue weighted by molar-refractivity contribution is 0.202. The molecule has 1 saturated heterocycles. The summed E-state index contributed by atoms with van der Waals surface area (Å²) in [7, 11) is 0. The van der Waals surface area contributed by atoms with Crippen LogP contribution in [0.1, 0.15) is 24.8 Å². The van der Waals surface area contributed by atoms with E-state index in [0.29, 0.717) is 23.1 Å². The third kappa shape index (κ3) is 3.38. The van der Waals surface area contributed by atoms with Crippen molar-refractivity contribution in [1.29, 1.82) is 0 Å². The minimum Gasteiger partial charge on any atom is -0.329 e. The Morgan fingerprint density at radius 1 is 1.47 bits per heavy atom. The Morgan fingerprint density at radius 2 is 2.12 bits per heavy atom. The topological polar surface area (TPSA) is 29.3 Å². The van der Waals surface area contributed by atoms with Gasteiger partial charge < -0.3 is 5.73 Å². The summed E-state index contributed by atoms with van der Waals surface area (Å²) in [6.45, 7) is 7.49. The number of hydrogen-bond acceptors (Lipinski definition) is 4. The number of nitrogens with two attached hydrogens (primary N) is 1. The molecule has 3 atom stereocenters. The largest absolute Gasteiger partial charge is 0.329 e. The molecule has 1 aromatic rings. The summed E-state index contributed by atoms with van der Waals surface area (Å²) >= 11 is 9.79. The van der Waals surface area contributed by atoms with Crippen molar-refractivity contribution in [3.05, 3.63) is 21.3 Å². The number of thioether (sulfide) groups is 1. The van der Waals surface area contributed by atoms with Gasteiger partial charge in [-0.3, -0.25) is 4.90 Å². The summed E-state index contributed by atoms with van der Waals surface area (Å²) in [6, 6.07) is 2.39. The van der Waals surface area contributed by atoms with Crippen LogP contribution in [-0.4, -0.2) is 35.0 Å². The Morgan fingerprint density at radius 3 is 2.59 bits per heavy atom. The van der Waals surface area contributed by atoms with Gasteiger partial charge in [-0.15, -0.1) is 11.3 Å². The zero-order chi connectivity index (χ0) is 12.4. The average molecular weight is 291 g/mol. The van der Waals surface area contributed by atoms with E-state index in [1.54, 1.807) is 11.3 Å². The Labute approximate surface area is 117 Å². The van der Waals surface area contributed by atoms with E-state index in [-0.39, 0.29) is 0 Å². The fourth-order valence-electron chi connectivity index (χ4n) is 2.42. The molecule has 1 aliphatic rings. The van der Waals surface area contributed by atoms with Crippen LogP contribution in [0.5, 0.6) is 0 Å². The molecule has 1 fully saturated rings. The lowest BCUT2D eigenvalue weighted by Gasteiger charge is -2.39. The molecule has 0 saturated carbocycles. The zero-order valence-electron chi connectivity index (χ0n) is 10.2. The zero-order valence-corrected chi connectivity index (χ0v) is 12.6. The second-order valence-electron chi connectivity index (χ2n) is 4.63. The molecule has 96 valence electrons. The Bertz CT molecular complexity index is 359. The van der Waals surface area contributed by atoms with E-state index < -0.39 is 0 Å². The van der Waals surface area contributed by atoms with Gasteiger partial charge in [0.05, 0.1) is 11.1 Å². The molecule has 1 aromatic heterocycles. The number of thiophene rings is 1. The predicted molar refractivity (Wildman–Crippen MR) is 79.2 cm³/mol. The molecular formula is C12H19ClN2S2. The maximum Gasteiger partial charge on any atom is 0.0565 e. The highest BCUT2D eigenvalue weighted by atomic mass is 35.5. The van der Waals surface area contributed by atoms with Crippen molar-refractivity contribution in [3.63, 3.8) is 0 Å². The van der Waals surface area contributed by atoms with Crippen LogP contribution in [0.4, 0.5) is 0 Å². The molecule has 0 amide bonds. The van der Waals surface area contributed by atoms with E-state index in [1.165, 1.54) is 4.88 Å². The third-order valence-corrected chi connectivity index (χ3v) is 5.64. The quantitative estimate of drug-likeness (QED) is 0.927. The summed E-state index contributed by atoms with van der Waals surface area (Å²) < 4.78 is 0. The monoisotopic (exact) mass is 290 g/mol. The van der Waals surface area contributed by atoms with Crippen LogP contribution in [0.3, 0.4) is 0 Å². The van der Waals surface area contributed by atoms with Crippen LogP contribution in [0.2, 0.25) is 5.02 Å². The summed E-state index contributed by atoms with van der Waals surface area (Å²) in [5.41, 5.74) is 5.95. The van der Waals surface area contributed by atoms with Gasteiger partial charge in [0.2, 0.25) is 0 Å². The molecule has 5 heteroatoms. The highest BCUT2D eigenvalue weighted by molar-refractivity contribution is 8.00. The standard InChI is InChI=1S/C12H19ClN2S2/c1-8-5-15(6-9(2)17-8)11(4-14)12-3-10(13)7-16-12/h3,7-9,11H,4-6,14H2,1-2H3. The molecule has 2 N–H and O–H groups in total. The Balaban J connectivity index is 2.12. The molecule has 0 radical (unpaired) electrons. The van der Waals surface area contributed by atoms with E-state index in [0.717, 1.165) is 18.1 Å². The third-order valence-electron chi connectivity index (χ3n) is 3.03. The van der Waals surface area contributed by atoms with E-state index >= 15 is 0 Å². The number of hydrogen-bond donors (Lipinski definition) is 1. The number of nitrogens with zero attached hydrogens (tertiary/aromatic N) is 1. The summed E-state index contributed by atoms with van der Waals surface area (Å²) in [5.74, 6) is 0. The van der Waals surface area contributed by atoms with Crippen LogP contribution in [-0.2, 0) is 0 Å². The van der Waals surface area contributed by atoms with Gasteiger partial charge in [-0.25, -0.2) is 0 Å². The maximum absolute atomic E-state index is 6.00. The molecule has 0 spiro atoms. The predicted octanol–water partition coefficient (Wildman–Crippen LogP) is 3.23. The smallest absolute Gasteiger partial charge is 0.0565 e. The van der Waals surface area contributed by atoms with Gasteiger partial charge >= 0.3 is 0 Å². The van der Waals surface area contributed by atoms with Crippen molar-refractivity contribution in [2.75, 3.05) is 19.6 Å². The molecule has 2 heterocycles. The molecule has 2 rings (SSSR count). The lowest BCUT2D eigenvalue weighted by atomic mass is 10.1. The van der Waals surface area contributed by atoms with Gasteiger partial charge in [-0.2, -0.15) is 11.8 Å². The van der Waals surface area contributed by atoms with Gasteiger partial charge in [0.25, 0.3) is 0 Å². The van der Waals surface area contributed by atoms with Crippen molar-refractivity contribution in [2.45, 2.75) is 30.4 Å². The fraction of sp³-hybridized carbons (Fsp3) is 0.667. The summed E-state index contributed by atoms with van der Waals surface area (Å²) in [5, 5.41) is 4.19. The van der Waals surface area contributed by atoms with Gasteiger partial charge in [-0.1, -0.05) is 25.4 Å². The molecule has 0 aliphatic carbocycles. The first-order chi connectivity index (χ1) is 8.10. The van der Waals surface area contributed by atoms with Crippen molar-refractivity contribution >= 4 is 34.7 Å². The van der Waals surface area contributed by atoms with E-state index in [4.69, 9.17) is 17.3 Å². The summed E-state index contributed by atoms with van der Waals surface area (Å²) in [4.78, 5) is 3.80. The highest BCUT2D eigenvalue weighted by Crippen LogP contribution is 2.33. The fourth-order valence-corrected chi connectivity index (χ4v) is 5.00. The van der Waals surface area contributed by atoms with Crippen molar-refractivity contribution in [1.82, 2.24) is 4.90 Å². The van der Waals surface area contributed by atoms with E-state index in [1.807, 2.05) is 5.38 Å². The Hall–Kier alpha value is 0.260. The van der Waals surface area contributed by atoms with Gasteiger partial charge in [0.15, 0.2) is 0 Å². The summed E-state index contributed by atoms with van der Waals surface area (Å²) in [6.07, 6.45) is 0. The van der Waals surface area contributed by atoms with Crippen molar-refractivity contribution < 1.29 is 0 Å². The van der Waals surface area contributed by atoms with Crippen LogP contribution >= 0.6 is 34.7 Å². The molecule has 0 bridgehead atoms. The molecule has 17 heavy (non-hydrogen) atoms. The SMILES string of the molecule is CC1CN(C(CN)c2cc(Cl)cs2)CC(C)S1. The molecule has 2 nitrogen and oxygen atoms in total. The Kier molecular flexibility index (Phi) is 4.78. The number of halogens is 1. The van der Waals surface area contributed by atoms with Crippen LogP contribution in [0.25, 0.3) is 0 Å². The second-order valence-corrected chi connectivity index (χ2v) is 7.89. The van der Waals surface area contributed by atoms with Crippen LogP contribution in [0.15, 0.2) is 11.4 Å². The molecule has 0 aromatic carbocycles. The first-order valence-electron chi connectivity index (χ1n) is 5.93. The van der Waals surface area contributed by atoms with E-state index in [2.05, 4.69) is 36.6 Å². The van der Waals surface area contributed by atoms with Crippen molar-refractivity contribution in [2.24, 2.45) is 5.73 Å². The lowest BCUT2D eigenvalue weighted by Crippen LogP contribution is -2.44. The maximum atomic E-state index is 6.00. The van der Waals surface area contributed by atoms with Gasteiger partial charge in [0.1, 0.15) is 0 Å². The second kappa shape index (κ2) is 5.93. The van der Waals surface area contributed by atoms with Gasteiger partial charge in [0, 0.05) is 40.4 Å². The number of rotatable bonds is 3. The molecule has 3 unspecified atom stereocenters. The van der Waals surface area contributed by atoms with Crippen LogP contribution < -0.4 is 5.73 Å². The first-order valence-corrected chi connectivity index (χ1v) is 8.13. The van der Waals surface area contributed by atoms with E-state index in [9.17, 15) is 0 Å².